The smallest absolute Gasteiger partial charge is 0.303 e. The molecule has 0 atom stereocenters. The van der Waals surface area contributed by atoms with Gasteiger partial charge in [-0.05, 0) is 38.5 Å². The highest BCUT2D eigenvalue weighted by atomic mass is 16.4. The van der Waals surface area contributed by atoms with Gasteiger partial charge in [0.05, 0.1) is 0 Å². The van der Waals surface area contributed by atoms with Crippen LogP contribution in [0.15, 0.2) is 12.2 Å². The zero-order valence-corrected chi connectivity index (χ0v) is 24.3. The first-order chi connectivity index (χ1) is 17.5. The van der Waals surface area contributed by atoms with Crippen molar-refractivity contribution in [2.45, 2.75) is 181 Å². The Morgan fingerprint density at radius 2 is 0.667 bits per heavy atom. The van der Waals surface area contributed by atoms with E-state index in [2.05, 4.69) is 26.0 Å². The van der Waals surface area contributed by atoms with Crippen molar-refractivity contribution in [3.05, 3.63) is 12.2 Å². The van der Waals surface area contributed by atoms with Gasteiger partial charge in [0.15, 0.2) is 0 Å². The maximum atomic E-state index is 10.3. The van der Waals surface area contributed by atoms with Gasteiger partial charge in [-0.1, -0.05) is 142 Å². The Balaban J connectivity index is 0. The van der Waals surface area contributed by atoms with Crippen molar-refractivity contribution in [3.8, 4) is 0 Å². The maximum absolute atomic E-state index is 10.3. The fourth-order valence-electron chi connectivity index (χ4n) is 4.29. The third-order valence-corrected chi connectivity index (χ3v) is 6.65. The lowest BCUT2D eigenvalue weighted by Gasteiger charge is -2.02. The van der Waals surface area contributed by atoms with Gasteiger partial charge in [0.1, 0.15) is 0 Å². The summed E-state index contributed by atoms with van der Waals surface area (Å²) in [5.41, 5.74) is 0. The Hall–Kier alpha value is -1.32. The average Bonchev–Trinajstić information content (AvgIpc) is 2.85. The number of carboxylic acid groups (broad SMARTS) is 2. The molecule has 214 valence electrons. The Labute approximate surface area is 224 Å². The van der Waals surface area contributed by atoms with Crippen LogP contribution in [0.1, 0.15) is 181 Å². The number of hydrogen-bond donors (Lipinski definition) is 2. The molecule has 0 aliphatic rings. The summed E-state index contributed by atoms with van der Waals surface area (Å²) in [5, 5.41) is 17.0. The van der Waals surface area contributed by atoms with E-state index < -0.39 is 11.9 Å². The van der Waals surface area contributed by atoms with E-state index in [1.165, 1.54) is 128 Å². The molecule has 36 heavy (non-hydrogen) atoms. The predicted molar refractivity (Wildman–Crippen MR) is 156 cm³/mol. The molecule has 0 aromatic heterocycles. The van der Waals surface area contributed by atoms with Crippen molar-refractivity contribution in [1.29, 1.82) is 0 Å². The third kappa shape index (κ3) is 39.9. The number of unbranched alkanes of at least 4 members (excludes halogenated alkanes) is 21. The summed E-state index contributed by atoms with van der Waals surface area (Å²) in [7, 11) is 0. The minimum atomic E-state index is -0.666. The molecule has 0 saturated carbocycles. The van der Waals surface area contributed by atoms with E-state index in [1.54, 1.807) is 0 Å². The molecule has 0 aromatic rings. The van der Waals surface area contributed by atoms with Gasteiger partial charge in [-0.25, -0.2) is 0 Å². The zero-order chi connectivity index (χ0) is 27.0. The molecule has 2 N–H and O–H groups in total. The molecular formula is C32H62O4. The Kier molecular flexibility index (Phi) is 34.5. The van der Waals surface area contributed by atoms with Crippen LogP contribution in [-0.4, -0.2) is 22.2 Å². The molecule has 0 aromatic carbocycles. The lowest BCUT2D eigenvalue weighted by atomic mass is 10.0. The zero-order valence-electron chi connectivity index (χ0n) is 24.3. The van der Waals surface area contributed by atoms with Crippen LogP contribution in [0.25, 0.3) is 0 Å². The van der Waals surface area contributed by atoms with Crippen molar-refractivity contribution < 1.29 is 19.8 Å². The second kappa shape index (κ2) is 33.7. The predicted octanol–water partition coefficient (Wildman–Crippen LogP) is 10.9. The summed E-state index contributed by atoms with van der Waals surface area (Å²) in [4.78, 5) is 20.6. The third-order valence-electron chi connectivity index (χ3n) is 6.65. The van der Waals surface area contributed by atoms with E-state index in [1.807, 2.05) is 0 Å². The molecule has 0 heterocycles. The first-order valence-electron chi connectivity index (χ1n) is 15.6. The van der Waals surface area contributed by atoms with Crippen LogP contribution < -0.4 is 0 Å². The van der Waals surface area contributed by atoms with Crippen LogP contribution in [0.5, 0.6) is 0 Å². The molecule has 0 aliphatic heterocycles. The van der Waals surface area contributed by atoms with Gasteiger partial charge in [-0.3, -0.25) is 9.59 Å². The summed E-state index contributed by atoms with van der Waals surface area (Å²) in [6, 6.07) is 0. The topological polar surface area (TPSA) is 74.6 Å². The highest BCUT2D eigenvalue weighted by Gasteiger charge is 1.97. The quantitative estimate of drug-likeness (QED) is 0.0851. The van der Waals surface area contributed by atoms with Gasteiger partial charge in [0, 0.05) is 12.8 Å². The summed E-state index contributed by atoms with van der Waals surface area (Å²) in [5.74, 6) is -1.32. The summed E-state index contributed by atoms with van der Waals surface area (Å²) >= 11 is 0. The van der Waals surface area contributed by atoms with Gasteiger partial charge >= 0.3 is 11.9 Å². The number of rotatable bonds is 27. The van der Waals surface area contributed by atoms with Crippen molar-refractivity contribution in [2.24, 2.45) is 0 Å². The highest BCUT2D eigenvalue weighted by molar-refractivity contribution is 5.66. The fourth-order valence-corrected chi connectivity index (χ4v) is 4.29. The van der Waals surface area contributed by atoms with Crippen LogP contribution in [0.4, 0.5) is 0 Å². The second-order valence-corrected chi connectivity index (χ2v) is 10.4. The Bertz CT molecular complexity index is 473. The van der Waals surface area contributed by atoms with Crippen LogP contribution in [0.2, 0.25) is 0 Å². The molecule has 0 spiro atoms. The van der Waals surface area contributed by atoms with E-state index in [-0.39, 0.29) is 0 Å². The average molecular weight is 511 g/mol. The first kappa shape index (κ1) is 36.8. The molecule has 4 heteroatoms. The number of carbonyl (C=O) groups is 2. The molecular weight excluding hydrogens is 448 g/mol. The largest absolute Gasteiger partial charge is 0.481 e. The molecule has 0 aliphatic carbocycles. The fraction of sp³-hybridized carbons (Fsp3) is 0.875. The minimum Gasteiger partial charge on any atom is -0.481 e. The standard InChI is InChI=1S/C16H32O2.C16H30O2/c2*1-2-3-4-5-6-7-8-9-10-11-12-13-14-15-16(17)18/h2-15H2,1H3,(H,17,18);7-8H,2-6,9-15H2,1H3,(H,17,18)/b;8-7-. The first-order valence-corrected chi connectivity index (χ1v) is 15.6. The molecule has 0 radical (unpaired) electrons. The van der Waals surface area contributed by atoms with E-state index >= 15 is 0 Å². The number of allylic oxidation sites excluding steroid dienone is 2. The number of hydrogen-bond acceptors (Lipinski definition) is 2. The SMILES string of the molecule is CCCCCC/C=C\CCCCCCCC(=O)O.CCCCCCCCCCCCCCCC(=O)O. The summed E-state index contributed by atoms with van der Waals surface area (Å²) in [6.07, 6.45) is 35.6. The van der Waals surface area contributed by atoms with Gasteiger partial charge in [-0.15, -0.1) is 0 Å². The normalized spacial score (nSPS) is 10.9. The van der Waals surface area contributed by atoms with Crippen LogP contribution in [0.3, 0.4) is 0 Å². The van der Waals surface area contributed by atoms with Gasteiger partial charge < -0.3 is 10.2 Å². The van der Waals surface area contributed by atoms with E-state index in [4.69, 9.17) is 10.2 Å². The second-order valence-electron chi connectivity index (χ2n) is 10.4. The monoisotopic (exact) mass is 510 g/mol. The number of aliphatic carboxylic acids is 2. The van der Waals surface area contributed by atoms with Crippen LogP contribution in [0, 0.1) is 0 Å². The Morgan fingerprint density at radius 1 is 0.417 bits per heavy atom. The van der Waals surface area contributed by atoms with Crippen molar-refractivity contribution in [3.63, 3.8) is 0 Å². The highest BCUT2D eigenvalue weighted by Crippen LogP contribution is 2.13. The van der Waals surface area contributed by atoms with E-state index in [9.17, 15) is 9.59 Å². The Morgan fingerprint density at radius 3 is 0.972 bits per heavy atom. The number of carboxylic acids is 2. The van der Waals surface area contributed by atoms with Gasteiger partial charge in [0.25, 0.3) is 0 Å². The van der Waals surface area contributed by atoms with Crippen molar-refractivity contribution in [1.82, 2.24) is 0 Å². The molecule has 0 fully saturated rings. The molecule has 0 unspecified atom stereocenters. The molecule has 0 rings (SSSR count). The lowest BCUT2D eigenvalue weighted by molar-refractivity contribution is -0.138. The van der Waals surface area contributed by atoms with Crippen LogP contribution in [-0.2, 0) is 9.59 Å². The van der Waals surface area contributed by atoms with E-state index in [0.29, 0.717) is 12.8 Å². The van der Waals surface area contributed by atoms with Crippen molar-refractivity contribution >= 4 is 11.9 Å². The molecule has 0 amide bonds. The molecule has 0 bridgehead atoms. The molecule has 4 nitrogen and oxygen atoms in total. The van der Waals surface area contributed by atoms with E-state index in [0.717, 1.165) is 25.7 Å². The molecule has 0 saturated heterocycles. The van der Waals surface area contributed by atoms with Crippen LogP contribution >= 0.6 is 0 Å². The summed E-state index contributed by atoms with van der Waals surface area (Å²) in [6.45, 7) is 4.50. The minimum absolute atomic E-state index is 0.331. The van der Waals surface area contributed by atoms with Crippen molar-refractivity contribution in [2.75, 3.05) is 0 Å². The lowest BCUT2D eigenvalue weighted by Crippen LogP contribution is -1.93. The van der Waals surface area contributed by atoms with Gasteiger partial charge in [0.2, 0.25) is 0 Å². The summed E-state index contributed by atoms with van der Waals surface area (Å²) < 4.78 is 0. The maximum Gasteiger partial charge on any atom is 0.303 e. The van der Waals surface area contributed by atoms with Gasteiger partial charge in [-0.2, -0.15) is 0 Å².